The van der Waals surface area contributed by atoms with Crippen molar-refractivity contribution in [3.8, 4) is 5.75 Å². The number of nitrogens with zero attached hydrogens (tertiary/aromatic N) is 2. The predicted octanol–water partition coefficient (Wildman–Crippen LogP) is 2.68. The van der Waals surface area contributed by atoms with E-state index in [0.29, 0.717) is 0 Å². The number of nitrogens with one attached hydrogen (secondary N) is 1. The number of benzene rings is 2. The third kappa shape index (κ3) is 3.71. The molecule has 2 aliphatic heterocycles. The third-order valence-electron chi connectivity index (χ3n) is 4.88. The average Bonchev–Trinajstić information content (AvgIpc) is 2.64. The van der Waals surface area contributed by atoms with Gasteiger partial charge in [-0.15, -0.1) is 0 Å². The molecule has 1 N–H and O–H groups in total. The minimum absolute atomic E-state index is 0.237. The van der Waals surface area contributed by atoms with Crippen LogP contribution in [0.25, 0.3) is 0 Å². The molecule has 4 rings (SSSR count). The van der Waals surface area contributed by atoms with E-state index in [0.717, 1.165) is 57.3 Å². The summed E-state index contributed by atoms with van der Waals surface area (Å²) in [7, 11) is 0. The second-order valence-electron chi connectivity index (χ2n) is 6.68. The van der Waals surface area contributed by atoms with E-state index in [1.165, 1.54) is 5.56 Å². The Bertz CT molecular complexity index is 653. The zero-order valence-electron chi connectivity index (χ0n) is 14.0. The van der Waals surface area contributed by atoms with Crippen molar-refractivity contribution in [3.05, 3.63) is 60.2 Å². The number of rotatable bonds is 4. The molecule has 126 valence electrons. The van der Waals surface area contributed by atoms with Gasteiger partial charge in [0, 0.05) is 39.3 Å². The second-order valence-corrected chi connectivity index (χ2v) is 6.68. The first-order chi connectivity index (χ1) is 11.9. The van der Waals surface area contributed by atoms with Crippen LogP contribution in [0.3, 0.4) is 0 Å². The maximum atomic E-state index is 6.14. The fraction of sp³-hybridized carbons (Fsp3) is 0.400. The van der Waals surface area contributed by atoms with Crippen molar-refractivity contribution in [1.29, 1.82) is 0 Å². The minimum Gasteiger partial charge on any atom is -0.485 e. The maximum absolute atomic E-state index is 6.14. The monoisotopic (exact) mass is 323 g/mol. The number of para-hydroxylation sites is 2. The molecular weight excluding hydrogens is 298 g/mol. The van der Waals surface area contributed by atoms with Gasteiger partial charge in [0.05, 0.1) is 12.2 Å². The molecule has 2 aliphatic rings. The van der Waals surface area contributed by atoms with Crippen molar-refractivity contribution in [2.45, 2.75) is 12.6 Å². The van der Waals surface area contributed by atoms with Crippen LogP contribution in [-0.4, -0.2) is 55.2 Å². The van der Waals surface area contributed by atoms with E-state index in [9.17, 15) is 0 Å². The Balaban J connectivity index is 1.25. The number of hydrogen-bond donors (Lipinski definition) is 1. The van der Waals surface area contributed by atoms with Crippen molar-refractivity contribution in [2.24, 2.45) is 0 Å². The van der Waals surface area contributed by atoms with E-state index in [2.05, 4.69) is 51.5 Å². The summed E-state index contributed by atoms with van der Waals surface area (Å²) in [4.78, 5) is 5.07. The predicted molar refractivity (Wildman–Crippen MR) is 97.5 cm³/mol. The van der Waals surface area contributed by atoms with Gasteiger partial charge in [0.15, 0.2) is 0 Å². The summed E-state index contributed by atoms with van der Waals surface area (Å²) in [5, 5.41) is 3.48. The Hall–Kier alpha value is -2.04. The van der Waals surface area contributed by atoms with Crippen molar-refractivity contribution >= 4 is 5.69 Å². The Morgan fingerprint density at radius 2 is 1.58 bits per heavy atom. The lowest BCUT2D eigenvalue weighted by Gasteiger charge is -2.37. The first-order valence-corrected chi connectivity index (χ1v) is 8.85. The lowest BCUT2D eigenvalue weighted by molar-refractivity contribution is 0.0831. The van der Waals surface area contributed by atoms with Crippen LogP contribution in [0.15, 0.2) is 54.6 Å². The first kappa shape index (κ1) is 15.5. The minimum atomic E-state index is 0.237. The summed E-state index contributed by atoms with van der Waals surface area (Å²) in [6.07, 6.45) is 0.237. The molecule has 0 aliphatic carbocycles. The SMILES string of the molecule is c1ccc(CN2CCN(CC3CNc4ccccc4O3)CC2)cc1. The highest BCUT2D eigenvalue weighted by Gasteiger charge is 2.24. The van der Waals surface area contributed by atoms with Crippen molar-refractivity contribution < 1.29 is 4.74 Å². The molecule has 2 aromatic carbocycles. The fourth-order valence-electron chi connectivity index (χ4n) is 3.52. The molecular formula is C20H25N3O. The average molecular weight is 323 g/mol. The Morgan fingerprint density at radius 1 is 0.875 bits per heavy atom. The number of piperazine rings is 1. The molecule has 2 aromatic rings. The maximum Gasteiger partial charge on any atom is 0.142 e. The number of fused-ring (bicyclic) bond motifs is 1. The molecule has 1 unspecified atom stereocenters. The van der Waals surface area contributed by atoms with E-state index >= 15 is 0 Å². The van der Waals surface area contributed by atoms with Gasteiger partial charge in [-0.25, -0.2) is 0 Å². The molecule has 1 atom stereocenters. The third-order valence-corrected chi connectivity index (χ3v) is 4.88. The molecule has 0 amide bonds. The topological polar surface area (TPSA) is 27.7 Å². The molecule has 1 saturated heterocycles. The van der Waals surface area contributed by atoms with Crippen LogP contribution in [0.5, 0.6) is 5.75 Å². The van der Waals surface area contributed by atoms with Crippen LogP contribution in [0.4, 0.5) is 5.69 Å². The molecule has 2 heterocycles. The van der Waals surface area contributed by atoms with Crippen molar-refractivity contribution in [3.63, 3.8) is 0 Å². The zero-order valence-corrected chi connectivity index (χ0v) is 14.0. The Morgan fingerprint density at radius 3 is 2.42 bits per heavy atom. The quantitative estimate of drug-likeness (QED) is 0.936. The molecule has 1 fully saturated rings. The normalized spacial score (nSPS) is 21.6. The molecule has 0 radical (unpaired) electrons. The van der Waals surface area contributed by atoms with Gasteiger partial charge in [0.25, 0.3) is 0 Å². The highest BCUT2D eigenvalue weighted by atomic mass is 16.5. The van der Waals surface area contributed by atoms with E-state index in [1.54, 1.807) is 0 Å². The highest BCUT2D eigenvalue weighted by molar-refractivity contribution is 5.57. The first-order valence-electron chi connectivity index (χ1n) is 8.85. The second kappa shape index (κ2) is 7.24. The number of ether oxygens (including phenoxy) is 1. The lowest BCUT2D eigenvalue weighted by atomic mass is 10.2. The molecule has 0 bridgehead atoms. The lowest BCUT2D eigenvalue weighted by Crippen LogP contribution is -2.50. The van der Waals surface area contributed by atoms with Crippen LogP contribution in [0.2, 0.25) is 0 Å². The van der Waals surface area contributed by atoms with E-state index < -0.39 is 0 Å². The molecule has 0 saturated carbocycles. The van der Waals surface area contributed by atoms with E-state index in [4.69, 9.17) is 4.74 Å². The van der Waals surface area contributed by atoms with Gasteiger partial charge in [0.2, 0.25) is 0 Å². The number of hydrogen-bond acceptors (Lipinski definition) is 4. The van der Waals surface area contributed by atoms with Crippen LogP contribution < -0.4 is 10.1 Å². The van der Waals surface area contributed by atoms with Crippen molar-refractivity contribution in [2.75, 3.05) is 44.6 Å². The highest BCUT2D eigenvalue weighted by Crippen LogP contribution is 2.28. The van der Waals surface area contributed by atoms with Crippen LogP contribution in [0, 0.1) is 0 Å². The summed E-state index contributed by atoms with van der Waals surface area (Å²) in [5.74, 6) is 0.983. The summed E-state index contributed by atoms with van der Waals surface area (Å²) in [5.41, 5.74) is 2.52. The van der Waals surface area contributed by atoms with Gasteiger partial charge in [-0.05, 0) is 17.7 Å². The van der Waals surface area contributed by atoms with Gasteiger partial charge in [-0.3, -0.25) is 9.80 Å². The van der Waals surface area contributed by atoms with Gasteiger partial charge in [-0.2, -0.15) is 0 Å². The van der Waals surface area contributed by atoms with E-state index in [1.807, 2.05) is 18.2 Å². The smallest absolute Gasteiger partial charge is 0.142 e. The molecule has 4 nitrogen and oxygen atoms in total. The van der Waals surface area contributed by atoms with Gasteiger partial charge in [-0.1, -0.05) is 42.5 Å². The molecule has 4 heteroatoms. The van der Waals surface area contributed by atoms with Gasteiger partial charge in [0.1, 0.15) is 11.9 Å². The summed E-state index contributed by atoms with van der Waals surface area (Å²) >= 11 is 0. The van der Waals surface area contributed by atoms with Crippen LogP contribution >= 0.6 is 0 Å². The van der Waals surface area contributed by atoms with Crippen molar-refractivity contribution in [1.82, 2.24) is 9.80 Å². The molecule has 0 spiro atoms. The van der Waals surface area contributed by atoms with Crippen LogP contribution in [-0.2, 0) is 6.54 Å². The molecule has 0 aromatic heterocycles. The summed E-state index contributed by atoms with van der Waals surface area (Å²) < 4.78 is 6.14. The number of anilines is 1. The fourth-order valence-corrected chi connectivity index (χ4v) is 3.52. The largest absolute Gasteiger partial charge is 0.485 e. The van der Waals surface area contributed by atoms with Crippen LogP contribution in [0.1, 0.15) is 5.56 Å². The standard InChI is InChI=1S/C20H25N3O/c1-2-6-17(7-3-1)15-22-10-12-23(13-11-22)16-18-14-21-19-8-4-5-9-20(19)24-18/h1-9,18,21H,10-16H2. The summed E-state index contributed by atoms with van der Waals surface area (Å²) in [6, 6.07) is 19.0. The zero-order chi connectivity index (χ0) is 16.2. The Kier molecular flexibility index (Phi) is 4.67. The van der Waals surface area contributed by atoms with E-state index in [-0.39, 0.29) is 6.10 Å². The summed E-state index contributed by atoms with van der Waals surface area (Å²) in [6.45, 7) is 7.45. The molecule has 24 heavy (non-hydrogen) atoms. The van der Waals surface area contributed by atoms with Gasteiger partial charge >= 0.3 is 0 Å². The van der Waals surface area contributed by atoms with Gasteiger partial charge < -0.3 is 10.1 Å². The Labute approximate surface area is 144 Å².